The second kappa shape index (κ2) is 19.5. The summed E-state index contributed by atoms with van der Waals surface area (Å²) in [7, 11) is 0. The highest BCUT2D eigenvalue weighted by Crippen LogP contribution is 2.31. The topological polar surface area (TPSA) is 156 Å². The second-order valence-corrected chi connectivity index (χ2v) is 12.9. The molecule has 0 radical (unpaired) electrons. The fourth-order valence-corrected chi connectivity index (χ4v) is 5.58. The number of ether oxygens (including phenoxy) is 1. The van der Waals surface area contributed by atoms with Crippen LogP contribution in [0.5, 0.6) is 5.75 Å². The van der Waals surface area contributed by atoms with E-state index < -0.39 is 36.4 Å². The molecule has 2 N–H and O–H groups in total. The number of carbonyl (C=O) groups is 4. The SMILES string of the molecule is O=C(C(=O)C(F)(F)F)C(F)(F)F.O=C(c1ccncc1)N1CCC(CCOc2ccc3cc2CCc2cncc(c2)Nc2ncc(Cl)c(n2)N3)CC1.O=CC(F)(F)F. The number of carbonyl (C=O) groups excluding carboxylic acids is 4. The molecule has 22 heteroatoms. The molecule has 12 nitrogen and oxygen atoms in total. The van der Waals surface area contributed by atoms with Gasteiger partial charge >= 0.3 is 30.1 Å². The van der Waals surface area contributed by atoms with E-state index in [1.807, 2.05) is 23.2 Å². The highest BCUT2D eigenvalue weighted by Gasteiger charge is 2.54. The number of aromatic nitrogens is 4. The van der Waals surface area contributed by atoms with Gasteiger partial charge in [0.05, 0.1) is 24.7 Å². The van der Waals surface area contributed by atoms with Crippen LogP contribution in [0.1, 0.15) is 40.7 Å². The van der Waals surface area contributed by atoms with Gasteiger partial charge in [-0.1, -0.05) is 11.6 Å². The van der Waals surface area contributed by atoms with Crippen molar-refractivity contribution in [1.82, 2.24) is 24.8 Å². The molecule has 58 heavy (non-hydrogen) atoms. The first-order chi connectivity index (χ1) is 27.2. The number of aldehydes is 1. The number of hydrogen-bond acceptors (Lipinski definition) is 11. The predicted octanol–water partition coefficient (Wildman–Crippen LogP) is 7.82. The summed E-state index contributed by atoms with van der Waals surface area (Å²) in [6.45, 7) is 2.17. The number of halogens is 10. The number of anilines is 4. The number of piperidine rings is 1. The zero-order chi connectivity index (χ0) is 42.7. The first-order valence-electron chi connectivity index (χ1n) is 16.9. The number of fused-ring (bicyclic) bond motifs is 6. The molecule has 310 valence electrons. The Morgan fingerprint density at radius 3 is 2.07 bits per heavy atom. The maximum atomic E-state index is 12.7. The summed E-state index contributed by atoms with van der Waals surface area (Å²) >= 11 is 6.39. The number of alkyl halides is 9. The van der Waals surface area contributed by atoms with Gasteiger partial charge in [-0.2, -0.15) is 44.5 Å². The van der Waals surface area contributed by atoms with Gasteiger partial charge in [0, 0.05) is 42.9 Å². The quantitative estimate of drug-likeness (QED) is 0.111. The van der Waals surface area contributed by atoms with Crippen LogP contribution in [-0.2, 0) is 27.2 Å². The Kier molecular flexibility index (Phi) is 15.1. The maximum Gasteiger partial charge on any atom is 0.458 e. The smallest absolute Gasteiger partial charge is 0.458 e. The van der Waals surface area contributed by atoms with E-state index in [0.717, 1.165) is 73.4 Å². The number of rotatable bonds is 6. The number of hydrogen-bond donors (Lipinski definition) is 2. The van der Waals surface area contributed by atoms with Crippen molar-refractivity contribution in [1.29, 1.82) is 0 Å². The molecule has 3 aromatic heterocycles. The van der Waals surface area contributed by atoms with E-state index in [1.165, 1.54) is 0 Å². The van der Waals surface area contributed by atoms with Crippen molar-refractivity contribution in [3.8, 4) is 5.75 Å². The number of nitrogens with one attached hydrogen (secondary N) is 2. The lowest BCUT2D eigenvalue weighted by atomic mass is 9.93. The monoisotopic (exact) mass is 847 g/mol. The predicted molar refractivity (Wildman–Crippen MR) is 189 cm³/mol. The van der Waals surface area contributed by atoms with Crippen LogP contribution in [-0.4, -0.2) is 86.8 Å². The molecule has 1 amide bonds. The number of likely N-dealkylation sites (tertiary alicyclic amines) is 1. The van der Waals surface area contributed by atoms with Gasteiger partial charge in [-0.3, -0.25) is 29.1 Å². The second-order valence-electron chi connectivity index (χ2n) is 12.5. The minimum Gasteiger partial charge on any atom is -0.493 e. The van der Waals surface area contributed by atoms with Crippen LogP contribution in [0.2, 0.25) is 5.02 Å². The molecule has 6 rings (SSSR count). The number of Topliss-reactive ketones (excluding diaryl/α,β-unsaturated/α-hetero) is 2. The summed E-state index contributed by atoms with van der Waals surface area (Å²) in [6.07, 6.45) is -4.19. The van der Waals surface area contributed by atoms with Gasteiger partial charge in [-0.25, -0.2) is 4.98 Å². The summed E-state index contributed by atoms with van der Waals surface area (Å²) in [5.74, 6) is -4.36. The molecule has 0 spiro atoms. The molecule has 4 aromatic rings. The van der Waals surface area contributed by atoms with E-state index in [2.05, 4.69) is 42.7 Å². The third-order valence-electron chi connectivity index (χ3n) is 8.27. The zero-order valence-electron chi connectivity index (χ0n) is 29.7. The number of pyridine rings is 2. The summed E-state index contributed by atoms with van der Waals surface area (Å²) < 4.78 is 105. The molecular weight excluding hydrogens is 817 g/mol. The van der Waals surface area contributed by atoms with Crippen LogP contribution in [0.4, 0.5) is 62.7 Å². The first-order valence-corrected chi connectivity index (χ1v) is 17.3. The van der Waals surface area contributed by atoms with Crippen molar-refractivity contribution in [3.63, 3.8) is 0 Å². The fourth-order valence-electron chi connectivity index (χ4n) is 5.44. The van der Waals surface area contributed by atoms with E-state index in [-0.39, 0.29) is 5.91 Å². The zero-order valence-corrected chi connectivity index (χ0v) is 30.5. The lowest BCUT2D eigenvalue weighted by Gasteiger charge is -2.32. The van der Waals surface area contributed by atoms with Crippen molar-refractivity contribution < 1.29 is 63.4 Å². The Hall–Kier alpha value is -5.86. The Labute approximate surface area is 328 Å². The molecule has 1 fully saturated rings. The van der Waals surface area contributed by atoms with Gasteiger partial charge < -0.3 is 20.3 Å². The van der Waals surface area contributed by atoms with E-state index in [4.69, 9.17) is 21.1 Å². The van der Waals surface area contributed by atoms with Crippen LogP contribution >= 0.6 is 11.6 Å². The average molecular weight is 848 g/mol. The summed E-state index contributed by atoms with van der Waals surface area (Å²) in [5.41, 5.74) is 4.61. The minimum absolute atomic E-state index is 0.0850. The highest BCUT2D eigenvalue weighted by molar-refractivity contribution is 6.41. The normalized spacial score (nSPS) is 14.2. The molecule has 0 saturated carbocycles. The Balaban J connectivity index is 0.000000346. The van der Waals surface area contributed by atoms with Crippen molar-refractivity contribution in [2.45, 2.75) is 50.6 Å². The molecule has 2 aliphatic rings. The van der Waals surface area contributed by atoms with Crippen molar-refractivity contribution in [3.05, 3.63) is 89.1 Å². The standard InChI is InChI=1S/C30H30ClN7O2.C4F6O2.C2HF3O/c31-26-19-34-30-36-25-15-21(17-33-18-25)1-2-23-16-24(35-28(26)37-30)3-4-27(23)40-14-9-20-7-12-38(13-8-20)29(39)22-5-10-32-11-6-22;5-3(6,7)1(11)2(12)4(8,9)10;3-2(4,5)1-6/h3-6,10-11,15-20H,1-2,7-9,12-14H2,(H2,34,35,36,37);;1H. The lowest BCUT2D eigenvalue weighted by Crippen LogP contribution is -2.39. The lowest BCUT2D eigenvalue weighted by molar-refractivity contribution is -0.193. The maximum absolute atomic E-state index is 12.7. The van der Waals surface area contributed by atoms with Crippen LogP contribution < -0.4 is 15.4 Å². The molecule has 5 heterocycles. The van der Waals surface area contributed by atoms with Gasteiger partial charge in [0.25, 0.3) is 5.91 Å². The fraction of sp³-hybridized carbons (Fsp3) is 0.333. The van der Waals surface area contributed by atoms with Crippen molar-refractivity contribution in [2.75, 3.05) is 30.3 Å². The number of benzene rings is 1. The summed E-state index contributed by atoms with van der Waals surface area (Å²) in [6, 6.07) is 11.7. The Morgan fingerprint density at radius 2 is 1.47 bits per heavy atom. The number of aryl methyl sites for hydroxylation is 2. The van der Waals surface area contributed by atoms with Gasteiger partial charge in [0.2, 0.25) is 12.2 Å². The van der Waals surface area contributed by atoms with Crippen LogP contribution in [0.15, 0.2) is 67.4 Å². The molecule has 0 unspecified atom stereocenters. The van der Waals surface area contributed by atoms with Crippen molar-refractivity contribution in [2.24, 2.45) is 5.92 Å². The molecule has 0 aliphatic carbocycles. The third-order valence-corrected chi connectivity index (χ3v) is 8.55. The number of ketones is 2. The van der Waals surface area contributed by atoms with Gasteiger partial charge in [0.1, 0.15) is 10.8 Å². The molecule has 2 aliphatic heterocycles. The van der Waals surface area contributed by atoms with Crippen LogP contribution in [0.25, 0.3) is 0 Å². The van der Waals surface area contributed by atoms with E-state index >= 15 is 0 Å². The van der Waals surface area contributed by atoms with Gasteiger partial charge in [0.15, 0.2) is 5.82 Å². The molecule has 1 aromatic carbocycles. The van der Waals surface area contributed by atoms with Crippen LogP contribution in [0, 0.1) is 5.92 Å². The first kappa shape index (κ1) is 44.8. The van der Waals surface area contributed by atoms with Crippen LogP contribution in [0.3, 0.4) is 0 Å². The Morgan fingerprint density at radius 1 is 0.828 bits per heavy atom. The van der Waals surface area contributed by atoms with Crippen molar-refractivity contribution >= 4 is 58.5 Å². The number of nitrogens with zero attached hydrogens (tertiary/aromatic N) is 5. The van der Waals surface area contributed by atoms with E-state index in [1.54, 1.807) is 36.9 Å². The highest BCUT2D eigenvalue weighted by atomic mass is 35.5. The largest absolute Gasteiger partial charge is 0.493 e. The van der Waals surface area contributed by atoms with E-state index in [0.29, 0.717) is 34.9 Å². The third kappa shape index (κ3) is 13.7. The minimum atomic E-state index is -5.77. The Bertz CT molecular complexity index is 2040. The number of amides is 1. The van der Waals surface area contributed by atoms with Gasteiger partial charge in [-0.15, -0.1) is 0 Å². The van der Waals surface area contributed by atoms with E-state index in [9.17, 15) is 53.9 Å². The average Bonchev–Trinajstić information content (AvgIpc) is 3.18. The summed E-state index contributed by atoms with van der Waals surface area (Å²) in [5, 5.41) is 6.97. The van der Waals surface area contributed by atoms with Gasteiger partial charge in [-0.05, 0) is 85.5 Å². The summed E-state index contributed by atoms with van der Waals surface area (Å²) in [4.78, 5) is 59.8. The molecule has 6 bridgehead atoms. The molecular formula is C36H31ClF9N7O5. The molecule has 1 saturated heterocycles. The molecule has 0 atom stereocenters.